The minimum absolute atomic E-state index is 0.251. The number of benzene rings is 2. The van der Waals surface area contributed by atoms with Gasteiger partial charge in [0, 0.05) is 0 Å². The molecule has 0 saturated carbocycles. The van der Waals surface area contributed by atoms with Crippen molar-refractivity contribution in [1.82, 2.24) is 0 Å². The molecule has 0 N–H and O–H groups in total. The molecule has 1 nitrogen and oxygen atoms in total. The van der Waals surface area contributed by atoms with Crippen molar-refractivity contribution in [3.05, 3.63) is 65.2 Å². The Kier molecular flexibility index (Phi) is 6.28. The third-order valence-corrected chi connectivity index (χ3v) is 2.71. The minimum atomic E-state index is -4.30. The van der Waals surface area contributed by atoms with E-state index in [0.717, 1.165) is 17.7 Å². The van der Waals surface area contributed by atoms with Crippen LogP contribution in [0.25, 0.3) is 0 Å². The number of rotatable bonds is 3. The normalized spacial score (nSPS) is 10.6. The van der Waals surface area contributed by atoms with Gasteiger partial charge >= 0.3 is 6.18 Å². The van der Waals surface area contributed by atoms with Gasteiger partial charge in [0.1, 0.15) is 12.4 Å². The molecule has 0 spiro atoms. The lowest BCUT2D eigenvalue weighted by Gasteiger charge is -2.09. The number of alkyl halides is 3. The molecular weight excluding hydrogens is 277 g/mol. The molecule has 0 amide bonds. The molecule has 0 heterocycles. The molecule has 0 aliphatic heterocycles. The Balaban J connectivity index is 0.00000106. The first-order chi connectivity index (χ1) is 9.95. The van der Waals surface area contributed by atoms with Gasteiger partial charge in [0.2, 0.25) is 0 Å². The molecule has 114 valence electrons. The minimum Gasteiger partial charge on any atom is -0.489 e. The zero-order valence-corrected chi connectivity index (χ0v) is 12.4. The summed E-state index contributed by atoms with van der Waals surface area (Å²) in [5.74, 6) is 0.700. The van der Waals surface area contributed by atoms with Gasteiger partial charge in [0.25, 0.3) is 0 Å². The van der Waals surface area contributed by atoms with E-state index in [-0.39, 0.29) is 6.61 Å². The molecule has 2 rings (SSSR count). The van der Waals surface area contributed by atoms with Gasteiger partial charge in [-0.05, 0) is 36.8 Å². The van der Waals surface area contributed by atoms with Crippen LogP contribution in [0.2, 0.25) is 0 Å². The first kappa shape index (κ1) is 17.1. The molecule has 0 aliphatic rings. The number of hydrogen-bond donors (Lipinski definition) is 0. The molecule has 21 heavy (non-hydrogen) atoms. The number of halogens is 3. The van der Waals surface area contributed by atoms with E-state index in [0.29, 0.717) is 11.3 Å². The molecule has 0 unspecified atom stereocenters. The van der Waals surface area contributed by atoms with Gasteiger partial charge in [-0.1, -0.05) is 43.7 Å². The third kappa shape index (κ3) is 5.50. The highest BCUT2D eigenvalue weighted by Crippen LogP contribution is 2.29. The van der Waals surface area contributed by atoms with Gasteiger partial charge < -0.3 is 4.74 Å². The SMILES string of the molecule is CC.Cc1ccc(OCc2ccc(C(F)(F)F)cc2)cc1. The van der Waals surface area contributed by atoms with Crippen molar-refractivity contribution in [2.24, 2.45) is 0 Å². The average molecular weight is 296 g/mol. The van der Waals surface area contributed by atoms with Crippen molar-refractivity contribution in [3.8, 4) is 5.75 Å². The average Bonchev–Trinajstić information content (AvgIpc) is 2.48. The van der Waals surface area contributed by atoms with Crippen molar-refractivity contribution >= 4 is 0 Å². The standard InChI is InChI=1S/C15H13F3O.C2H6/c1-11-2-8-14(9-3-11)19-10-12-4-6-13(7-5-12)15(16,17)18;1-2/h2-9H,10H2,1H3;1-2H3. The van der Waals surface area contributed by atoms with Crippen LogP contribution < -0.4 is 4.74 Å². The van der Waals surface area contributed by atoms with E-state index in [1.165, 1.54) is 12.1 Å². The van der Waals surface area contributed by atoms with Crippen LogP contribution in [-0.2, 0) is 12.8 Å². The van der Waals surface area contributed by atoms with Crippen molar-refractivity contribution in [3.63, 3.8) is 0 Å². The predicted octanol–water partition coefficient (Wildman–Crippen LogP) is 5.62. The predicted molar refractivity (Wildman–Crippen MR) is 78.3 cm³/mol. The largest absolute Gasteiger partial charge is 0.489 e. The molecule has 0 aliphatic carbocycles. The molecule has 4 heteroatoms. The number of hydrogen-bond acceptors (Lipinski definition) is 1. The van der Waals surface area contributed by atoms with Gasteiger partial charge in [0.15, 0.2) is 0 Å². The fourth-order valence-corrected chi connectivity index (χ4v) is 1.59. The van der Waals surface area contributed by atoms with E-state index < -0.39 is 11.7 Å². The van der Waals surface area contributed by atoms with Crippen LogP contribution in [0.5, 0.6) is 5.75 Å². The number of ether oxygens (including phenoxy) is 1. The zero-order valence-electron chi connectivity index (χ0n) is 12.4. The summed E-state index contributed by atoms with van der Waals surface area (Å²) in [6, 6.07) is 12.5. The Morgan fingerprint density at radius 3 is 1.86 bits per heavy atom. The molecule has 0 atom stereocenters. The summed E-state index contributed by atoms with van der Waals surface area (Å²) >= 11 is 0. The van der Waals surface area contributed by atoms with Gasteiger partial charge in [0.05, 0.1) is 5.56 Å². The molecule has 0 radical (unpaired) electrons. The fraction of sp³-hybridized carbons (Fsp3) is 0.294. The molecular formula is C17H19F3O. The highest BCUT2D eigenvalue weighted by molar-refractivity contribution is 5.28. The van der Waals surface area contributed by atoms with Gasteiger partial charge in [-0.2, -0.15) is 13.2 Å². The maximum absolute atomic E-state index is 12.4. The van der Waals surface area contributed by atoms with Crippen LogP contribution in [-0.4, -0.2) is 0 Å². The summed E-state index contributed by atoms with van der Waals surface area (Å²) in [5, 5.41) is 0. The first-order valence-corrected chi connectivity index (χ1v) is 6.81. The second kappa shape index (κ2) is 7.72. The molecule has 0 bridgehead atoms. The topological polar surface area (TPSA) is 9.23 Å². The van der Waals surface area contributed by atoms with Crippen LogP contribution in [0.1, 0.15) is 30.5 Å². The van der Waals surface area contributed by atoms with E-state index in [2.05, 4.69) is 0 Å². The fourth-order valence-electron chi connectivity index (χ4n) is 1.59. The van der Waals surface area contributed by atoms with Crippen molar-refractivity contribution in [1.29, 1.82) is 0 Å². The van der Waals surface area contributed by atoms with Crippen molar-refractivity contribution in [2.75, 3.05) is 0 Å². The molecule has 2 aromatic rings. The Morgan fingerprint density at radius 2 is 1.38 bits per heavy atom. The summed E-state index contributed by atoms with van der Waals surface area (Å²) < 4.78 is 42.6. The highest BCUT2D eigenvalue weighted by atomic mass is 19.4. The second-order valence-corrected chi connectivity index (χ2v) is 4.30. The maximum atomic E-state index is 12.4. The van der Waals surface area contributed by atoms with Crippen molar-refractivity contribution < 1.29 is 17.9 Å². The smallest absolute Gasteiger partial charge is 0.416 e. The summed E-state index contributed by atoms with van der Waals surface area (Å²) in [6.45, 7) is 6.22. The van der Waals surface area contributed by atoms with Crippen LogP contribution >= 0.6 is 0 Å². The quantitative estimate of drug-likeness (QED) is 0.714. The van der Waals surface area contributed by atoms with Crippen LogP contribution in [0.4, 0.5) is 13.2 Å². The highest BCUT2D eigenvalue weighted by Gasteiger charge is 2.29. The van der Waals surface area contributed by atoms with E-state index >= 15 is 0 Å². The number of aryl methyl sites for hydroxylation is 1. The zero-order chi connectivity index (χ0) is 15.9. The lowest BCUT2D eigenvalue weighted by molar-refractivity contribution is -0.137. The van der Waals surface area contributed by atoms with Crippen molar-refractivity contribution in [2.45, 2.75) is 33.6 Å². The van der Waals surface area contributed by atoms with E-state index in [1.54, 1.807) is 0 Å². The first-order valence-electron chi connectivity index (χ1n) is 6.81. The van der Waals surface area contributed by atoms with E-state index in [9.17, 15) is 13.2 Å². The second-order valence-electron chi connectivity index (χ2n) is 4.30. The molecule has 2 aromatic carbocycles. The van der Waals surface area contributed by atoms with Gasteiger partial charge in [-0.15, -0.1) is 0 Å². The molecule has 0 aromatic heterocycles. The lowest BCUT2D eigenvalue weighted by atomic mass is 10.1. The Hall–Kier alpha value is -1.97. The Morgan fingerprint density at radius 1 is 0.857 bits per heavy atom. The third-order valence-electron chi connectivity index (χ3n) is 2.71. The van der Waals surface area contributed by atoms with Gasteiger partial charge in [-0.25, -0.2) is 0 Å². The van der Waals surface area contributed by atoms with E-state index in [1.807, 2.05) is 45.0 Å². The molecule has 0 fully saturated rings. The van der Waals surface area contributed by atoms with Gasteiger partial charge in [-0.3, -0.25) is 0 Å². The lowest BCUT2D eigenvalue weighted by Crippen LogP contribution is -2.05. The summed E-state index contributed by atoms with van der Waals surface area (Å²) in [5.41, 5.74) is 1.18. The summed E-state index contributed by atoms with van der Waals surface area (Å²) in [7, 11) is 0. The molecule has 0 saturated heterocycles. The summed E-state index contributed by atoms with van der Waals surface area (Å²) in [6.07, 6.45) is -4.30. The Bertz CT molecular complexity index is 527. The maximum Gasteiger partial charge on any atom is 0.416 e. The van der Waals surface area contributed by atoms with Crippen LogP contribution in [0.15, 0.2) is 48.5 Å². The Labute approximate surface area is 123 Å². The monoisotopic (exact) mass is 296 g/mol. The van der Waals surface area contributed by atoms with Crippen LogP contribution in [0.3, 0.4) is 0 Å². The van der Waals surface area contributed by atoms with E-state index in [4.69, 9.17) is 4.74 Å². The van der Waals surface area contributed by atoms with Crippen LogP contribution in [0, 0.1) is 6.92 Å². The summed E-state index contributed by atoms with van der Waals surface area (Å²) in [4.78, 5) is 0.